The summed E-state index contributed by atoms with van der Waals surface area (Å²) in [6.45, 7) is 2.23. The number of esters is 1. The molecule has 2 heterocycles. The van der Waals surface area contributed by atoms with Crippen LogP contribution in [0.4, 0.5) is 0 Å². The number of carbonyl (C=O) groups excluding carboxylic acids is 1. The summed E-state index contributed by atoms with van der Waals surface area (Å²) in [5.41, 5.74) is -0.0913. The van der Waals surface area contributed by atoms with Gasteiger partial charge in [-0.3, -0.25) is 4.79 Å². The number of ether oxygens (including phenoxy) is 3. The molecule has 2 saturated heterocycles. The molecule has 0 aromatic heterocycles. The molecule has 0 N–H and O–H groups in total. The van der Waals surface area contributed by atoms with Crippen LogP contribution in [-0.4, -0.2) is 30.6 Å². The van der Waals surface area contributed by atoms with E-state index in [9.17, 15) is 4.79 Å². The smallest absolute Gasteiger partial charge is 0.313 e. The molecule has 5 rings (SSSR count). The Bertz CT molecular complexity index is 535. The number of hydrogen-bond donors (Lipinski definition) is 0. The van der Waals surface area contributed by atoms with Crippen LogP contribution < -0.4 is 0 Å². The predicted octanol–water partition coefficient (Wildman–Crippen LogP) is 3.06. The molecule has 7 unspecified atom stereocenters. The lowest BCUT2D eigenvalue weighted by Crippen LogP contribution is -2.40. The van der Waals surface area contributed by atoms with Crippen molar-refractivity contribution in [3.63, 3.8) is 0 Å². The summed E-state index contributed by atoms with van der Waals surface area (Å²) < 4.78 is 17.5. The number of hydrogen-bond acceptors (Lipinski definition) is 4. The van der Waals surface area contributed by atoms with Crippen molar-refractivity contribution in [2.75, 3.05) is 6.79 Å². The molecule has 4 heteroatoms. The minimum absolute atomic E-state index is 0.0750. The summed E-state index contributed by atoms with van der Waals surface area (Å²) in [5, 5.41) is 0. The number of allylic oxidation sites excluding steroid dienone is 2. The highest BCUT2D eigenvalue weighted by atomic mass is 16.7. The molecule has 4 nitrogen and oxygen atoms in total. The van der Waals surface area contributed by atoms with E-state index in [0.717, 1.165) is 19.3 Å². The van der Waals surface area contributed by atoms with Crippen molar-refractivity contribution in [2.24, 2.45) is 29.6 Å². The highest BCUT2D eigenvalue weighted by Gasteiger charge is 2.64. The van der Waals surface area contributed by atoms with Crippen molar-refractivity contribution in [1.29, 1.82) is 0 Å². The SMILES string of the molecule is CC1(OCOC(=O)C2CC3OC2C2C4C=CC(C4)C32)CCCC1. The van der Waals surface area contributed by atoms with Crippen LogP contribution in [0.3, 0.4) is 0 Å². The van der Waals surface area contributed by atoms with Crippen molar-refractivity contribution in [3.05, 3.63) is 12.2 Å². The maximum atomic E-state index is 12.5. The molecule has 23 heavy (non-hydrogen) atoms. The third kappa shape index (κ3) is 2.14. The van der Waals surface area contributed by atoms with E-state index in [1.807, 2.05) is 0 Å². The number of carbonyl (C=O) groups is 1. The zero-order valence-electron chi connectivity index (χ0n) is 13.8. The number of fused-ring (bicyclic) bond motifs is 9. The maximum Gasteiger partial charge on any atom is 0.313 e. The van der Waals surface area contributed by atoms with Crippen LogP contribution in [0, 0.1) is 29.6 Å². The van der Waals surface area contributed by atoms with Gasteiger partial charge in [-0.2, -0.15) is 0 Å². The average molecular weight is 318 g/mol. The lowest BCUT2D eigenvalue weighted by atomic mass is 9.69. The van der Waals surface area contributed by atoms with Crippen molar-refractivity contribution in [3.8, 4) is 0 Å². The first-order chi connectivity index (χ1) is 11.1. The van der Waals surface area contributed by atoms with Crippen molar-refractivity contribution in [2.45, 2.75) is 63.3 Å². The summed E-state index contributed by atoms with van der Waals surface area (Å²) in [7, 11) is 0. The Morgan fingerprint density at radius 3 is 2.70 bits per heavy atom. The second-order valence-electron chi connectivity index (χ2n) is 8.47. The van der Waals surface area contributed by atoms with Gasteiger partial charge in [-0.15, -0.1) is 0 Å². The van der Waals surface area contributed by atoms with Crippen molar-refractivity contribution >= 4 is 5.97 Å². The molecule has 2 saturated carbocycles. The second-order valence-corrected chi connectivity index (χ2v) is 8.47. The zero-order chi connectivity index (χ0) is 15.6. The van der Waals surface area contributed by atoms with Crippen molar-refractivity contribution < 1.29 is 19.0 Å². The fourth-order valence-corrected chi connectivity index (χ4v) is 6.06. The first-order valence-corrected chi connectivity index (χ1v) is 9.29. The van der Waals surface area contributed by atoms with E-state index >= 15 is 0 Å². The predicted molar refractivity (Wildman–Crippen MR) is 83.4 cm³/mol. The maximum absolute atomic E-state index is 12.5. The molecule has 2 aliphatic heterocycles. The summed E-state index contributed by atoms with van der Waals surface area (Å²) in [6, 6.07) is 0. The molecule has 5 aliphatic rings. The fraction of sp³-hybridized carbons (Fsp3) is 0.842. The lowest BCUT2D eigenvalue weighted by molar-refractivity contribution is -0.177. The molecule has 0 spiro atoms. The van der Waals surface area contributed by atoms with Crippen LogP contribution in [0.5, 0.6) is 0 Å². The molecule has 3 aliphatic carbocycles. The van der Waals surface area contributed by atoms with Gasteiger partial charge in [0.05, 0.1) is 23.7 Å². The molecular formula is C19H26O4. The van der Waals surface area contributed by atoms with Crippen LogP contribution in [0.2, 0.25) is 0 Å². The van der Waals surface area contributed by atoms with E-state index in [0.29, 0.717) is 23.7 Å². The topological polar surface area (TPSA) is 44.8 Å². The second kappa shape index (κ2) is 5.06. The van der Waals surface area contributed by atoms with E-state index in [4.69, 9.17) is 14.2 Å². The number of rotatable bonds is 4. The summed E-state index contributed by atoms with van der Waals surface area (Å²) in [4.78, 5) is 12.5. The molecule has 0 aromatic carbocycles. The first kappa shape index (κ1) is 14.5. The Kier molecular flexibility index (Phi) is 3.18. The molecule has 0 amide bonds. The molecule has 126 valence electrons. The Hall–Kier alpha value is -0.870. The minimum atomic E-state index is -0.107. The van der Waals surface area contributed by atoms with Crippen LogP contribution in [0.1, 0.15) is 45.4 Å². The molecule has 4 bridgehead atoms. The molecule has 7 atom stereocenters. The zero-order valence-corrected chi connectivity index (χ0v) is 13.8. The van der Waals surface area contributed by atoms with E-state index < -0.39 is 0 Å². The third-order valence-corrected chi connectivity index (χ3v) is 7.18. The van der Waals surface area contributed by atoms with Crippen LogP contribution >= 0.6 is 0 Å². The Morgan fingerprint density at radius 2 is 1.91 bits per heavy atom. The summed E-state index contributed by atoms with van der Waals surface area (Å²) >= 11 is 0. The third-order valence-electron chi connectivity index (χ3n) is 7.18. The van der Waals surface area contributed by atoms with Gasteiger partial charge in [-0.1, -0.05) is 25.0 Å². The highest BCUT2D eigenvalue weighted by molar-refractivity contribution is 5.74. The normalized spacial score (nSPS) is 48.1. The Morgan fingerprint density at radius 1 is 1.17 bits per heavy atom. The van der Waals surface area contributed by atoms with Gasteiger partial charge in [0.2, 0.25) is 0 Å². The van der Waals surface area contributed by atoms with E-state index in [1.54, 1.807) is 0 Å². The fourth-order valence-electron chi connectivity index (χ4n) is 6.06. The van der Waals surface area contributed by atoms with Gasteiger partial charge in [0.25, 0.3) is 0 Å². The van der Waals surface area contributed by atoms with E-state index in [1.165, 1.54) is 19.3 Å². The average Bonchev–Trinajstić information content (AvgIpc) is 3.32. The lowest BCUT2D eigenvalue weighted by Gasteiger charge is -2.32. The molecule has 0 aromatic rings. The van der Waals surface area contributed by atoms with Gasteiger partial charge in [0, 0.05) is 0 Å². The van der Waals surface area contributed by atoms with Gasteiger partial charge in [-0.25, -0.2) is 0 Å². The highest BCUT2D eigenvalue weighted by Crippen LogP contribution is 2.61. The van der Waals surface area contributed by atoms with Crippen LogP contribution in [-0.2, 0) is 19.0 Å². The van der Waals surface area contributed by atoms with Crippen LogP contribution in [0.15, 0.2) is 12.2 Å². The standard InChI is InChI=1S/C19H26O4/c1-19(6-2-3-7-19)22-10-21-18(20)13-9-14-15-11-4-5-12(8-11)16(15)17(13)23-14/h4-5,11-17H,2-3,6-10H2,1H3. The quantitative estimate of drug-likeness (QED) is 0.454. The molecule has 4 fully saturated rings. The van der Waals surface area contributed by atoms with Crippen molar-refractivity contribution in [1.82, 2.24) is 0 Å². The van der Waals surface area contributed by atoms with E-state index in [2.05, 4.69) is 19.1 Å². The van der Waals surface area contributed by atoms with E-state index in [-0.39, 0.29) is 36.5 Å². The van der Waals surface area contributed by atoms with Gasteiger partial charge in [0.15, 0.2) is 6.79 Å². The van der Waals surface area contributed by atoms with Gasteiger partial charge in [-0.05, 0) is 56.3 Å². The van der Waals surface area contributed by atoms with Crippen LogP contribution in [0.25, 0.3) is 0 Å². The Labute approximate surface area is 137 Å². The molecular weight excluding hydrogens is 292 g/mol. The van der Waals surface area contributed by atoms with Gasteiger partial charge >= 0.3 is 5.97 Å². The Balaban J connectivity index is 1.19. The monoisotopic (exact) mass is 318 g/mol. The summed E-state index contributed by atoms with van der Waals surface area (Å²) in [5.74, 6) is 2.35. The minimum Gasteiger partial charge on any atom is -0.438 e. The first-order valence-electron chi connectivity index (χ1n) is 9.29. The summed E-state index contributed by atoms with van der Waals surface area (Å²) in [6.07, 6.45) is 11.8. The van der Waals surface area contributed by atoms with Gasteiger partial charge < -0.3 is 14.2 Å². The van der Waals surface area contributed by atoms with Gasteiger partial charge in [0.1, 0.15) is 0 Å². The largest absolute Gasteiger partial charge is 0.438 e. The molecule has 0 radical (unpaired) electrons.